The monoisotopic (exact) mass is 244 g/mol. The van der Waals surface area contributed by atoms with Crippen LogP contribution in [-0.2, 0) is 6.54 Å². The molecule has 0 bridgehead atoms. The first-order valence-corrected chi connectivity index (χ1v) is 6.57. The van der Waals surface area contributed by atoms with Crippen LogP contribution in [0.1, 0.15) is 31.2 Å². The average Bonchev–Trinajstić information content (AvgIpc) is 3.23. The molecule has 0 aromatic heterocycles. The van der Waals surface area contributed by atoms with Gasteiger partial charge in [-0.2, -0.15) is 5.26 Å². The van der Waals surface area contributed by atoms with E-state index in [1.807, 2.05) is 12.1 Å². The Bertz CT molecular complexity index is 403. The highest BCUT2D eigenvalue weighted by Gasteiger charge is 2.28. The molecule has 1 aliphatic rings. The molecule has 0 radical (unpaired) electrons. The molecule has 0 N–H and O–H groups in total. The second kappa shape index (κ2) is 6.42. The Morgan fingerprint density at radius 1 is 1.33 bits per heavy atom. The summed E-state index contributed by atoms with van der Waals surface area (Å²) in [6, 6.07) is 11.2. The first-order chi connectivity index (χ1) is 8.83. The van der Waals surface area contributed by atoms with E-state index in [1.54, 1.807) is 7.11 Å². The summed E-state index contributed by atoms with van der Waals surface area (Å²) in [7, 11) is 1.69. The molecule has 0 atom stereocenters. The molecule has 0 spiro atoms. The van der Waals surface area contributed by atoms with Crippen LogP contribution in [0.25, 0.3) is 0 Å². The molecule has 0 heterocycles. The van der Waals surface area contributed by atoms with E-state index >= 15 is 0 Å². The summed E-state index contributed by atoms with van der Waals surface area (Å²) in [5.74, 6) is 0.904. The molecule has 3 heteroatoms. The number of methoxy groups -OCH3 is 1. The zero-order chi connectivity index (χ0) is 12.8. The highest BCUT2D eigenvalue weighted by atomic mass is 16.5. The third kappa shape index (κ3) is 3.75. The zero-order valence-corrected chi connectivity index (χ0v) is 10.9. The van der Waals surface area contributed by atoms with Gasteiger partial charge in [0.25, 0.3) is 0 Å². The second-order valence-electron chi connectivity index (χ2n) is 4.81. The number of hydrogen-bond donors (Lipinski definition) is 0. The molecule has 1 fully saturated rings. The van der Waals surface area contributed by atoms with Crippen molar-refractivity contribution in [2.45, 2.75) is 38.3 Å². The number of nitriles is 1. The minimum Gasteiger partial charge on any atom is -0.497 e. The van der Waals surface area contributed by atoms with Gasteiger partial charge in [-0.25, -0.2) is 0 Å². The summed E-state index contributed by atoms with van der Waals surface area (Å²) in [5, 5.41) is 8.60. The van der Waals surface area contributed by atoms with Crippen molar-refractivity contribution in [2.24, 2.45) is 0 Å². The van der Waals surface area contributed by atoms with E-state index in [9.17, 15) is 0 Å². The van der Waals surface area contributed by atoms with Crippen LogP contribution in [0.4, 0.5) is 0 Å². The number of unbranched alkanes of at least 4 members (excludes halogenated alkanes) is 1. The predicted molar refractivity (Wildman–Crippen MR) is 71.3 cm³/mol. The maximum absolute atomic E-state index is 8.60. The first-order valence-electron chi connectivity index (χ1n) is 6.57. The molecule has 3 nitrogen and oxygen atoms in total. The van der Waals surface area contributed by atoms with Gasteiger partial charge in [-0.05, 0) is 43.5 Å². The van der Waals surface area contributed by atoms with E-state index in [2.05, 4.69) is 23.1 Å². The molecule has 0 aliphatic heterocycles. The Hall–Kier alpha value is -1.53. The SMILES string of the molecule is COc1ccc(CN(CCCC#N)C2CC2)cc1. The lowest BCUT2D eigenvalue weighted by atomic mass is 10.2. The van der Waals surface area contributed by atoms with Crippen LogP contribution in [0.15, 0.2) is 24.3 Å². The summed E-state index contributed by atoms with van der Waals surface area (Å²) in [5.41, 5.74) is 1.32. The number of ether oxygens (including phenoxy) is 1. The minimum absolute atomic E-state index is 0.659. The van der Waals surface area contributed by atoms with Crippen molar-refractivity contribution in [3.63, 3.8) is 0 Å². The van der Waals surface area contributed by atoms with E-state index in [-0.39, 0.29) is 0 Å². The second-order valence-corrected chi connectivity index (χ2v) is 4.81. The Labute approximate surface area is 109 Å². The lowest BCUT2D eigenvalue weighted by Crippen LogP contribution is -2.26. The van der Waals surface area contributed by atoms with Crippen molar-refractivity contribution in [1.29, 1.82) is 5.26 Å². The Balaban J connectivity index is 1.89. The molecular weight excluding hydrogens is 224 g/mol. The molecule has 1 aliphatic carbocycles. The third-order valence-electron chi connectivity index (χ3n) is 3.34. The van der Waals surface area contributed by atoms with Gasteiger partial charge in [0, 0.05) is 19.0 Å². The van der Waals surface area contributed by atoms with Gasteiger partial charge in [-0.3, -0.25) is 4.90 Å². The summed E-state index contributed by atoms with van der Waals surface area (Å²) >= 11 is 0. The molecular formula is C15H20N2O. The van der Waals surface area contributed by atoms with E-state index in [0.717, 1.165) is 31.3 Å². The van der Waals surface area contributed by atoms with Crippen LogP contribution in [-0.4, -0.2) is 24.6 Å². The minimum atomic E-state index is 0.659. The van der Waals surface area contributed by atoms with E-state index < -0.39 is 0 Å². The summed E-state index contributed by atoms with van der Waals surface area (Å²) in [4.78, 5) is 2.50. The molecule has 1 saturated carbocycles. The van der Waals surface area contributed by atoms with Crippen LogP contribution >= 0.6 is 0 Å². The Morgan fingerprint density at radius 3 is 2.61 bits per heavy atom. The van der Waals surface area contributed by atoms with Gasteiger partial charge < -0.3 is 4.74 Å². The molecule has 1 aromatic rings. The van der Waals surface area contributed by atoms with Crippen LogP contribution in [0.5, 0.6) is 5.75 Å². The summed E-state index contributed by atoms with van der Waals surface area (Å²) < 4.78 is 5.16. The van der Waals surface area contributed by atoms with Crippen LogP contribution in [0.3, 0.4) is 0 Å². The van der Waals surface area contributed by atoms with E-state index in [1.165, 1.54) is 18.4 Å². The van der Waals surface area contributed by atoms with Crippen LogP contribution < -0.4 is 4.74 Å². The molecule has 0 amide bonds. The quantitative estimate of drug-likeness (QED) is 0.692. The topological polar surface area (TPSA) is 36.3 Å². The van der Waals surface area contributed by atoms with Gasteiger partial charge in [0.1, 0.15) is 5.75 Å². The largest absolute Gasteiger partial charge is 0.497 e. The van der Waals surface area contributed by atoms with Crippen molar-refractivity contribution in [3.05, 3.63) is 29.8 Å². The third-order valence-corrected chi connectivity index (χ3v) is 3.34. The zero-order valence-electron chi connectivity index (χ0n) is 10.9. The van der Waals surface area contributed by atoms with Gasteiger partial charge in [0.05, 0.1) is 13.2 Å². The van der Waals surface area contributed by atoms with Crippen molar-refractivity contribution >= 4 is 0 Å². The smallest absolute Gasteiger partial charge is 0.118 e. The molecule has 1 aromatic carbocycles. The standard InChI is InChI=1S/C15H20N2O/c1-18-15-8-4-13(5-9-15)12-17(14-6-7-14)11-3-2-10-16/h4-5,8-9,14H,2-3,6-7,11-12H2,1H3. The molecule has 18 heavy (non-hydrogen) atoms. The highest BCUT2D eigenvalue weighted by molar-refractivity contribution is 5.27. The van der Waals surface area contributed by atoms with Gasteiger partial charge in [0.2, 0.25) is 0 Å². The van der Waals surface area contributed by atoms with Crippen molar-refractivity contribution < 1.29 is 4.74 Å². The summed E-state index contributed by atoms with van der Waals surface area (Å²) in [6.45, 7) is 2.02. The number of rotatable bonds is 7. The normalized spacial score (nSPS) is 14.5. The van der Waals surface area contributed by atoms with Crippen LogP contribution in [0, 0.1) is 11.3 Å². The molecule has 96 valence electrons. The van der Waals surface area contributed by atoms with Gasteiger partial charge in [-0.1, -0.05) is 12.1 Å². The number of nitrogens with zero attached hydrogens (tertiary/aromatic N) is 2. The lowest BCUT2D eigenvalue weighted by Gasteiger charge is -2.21. The fourth-order valence-corrected chi connectivity index (χ4v) is 2.16. The number of hydrogen-bond acceptors (Lipinski definition) is 3. The van der Waals surface area contributed by atoms with Crippen molar-refractivity contribution in [2.75, 3.05) is 13.7 Å². The maximum atomic E-state index is 8.60. The van der Waals surface area contributed by atoms with Crippen molar-refractivity contribution in [3.8, 4) is 11.8 Å². The van der Waals surface area contributed by atoms with Crippen molar-refractivity contribution in [1.82, 2.24) is 4.90 Å². The fraction of sp³-hybridized carbons (Fsp3) is 0.533. The molecule has 0 saturated heterocycles. The Morgan fingerprint density at radius 2 is 2.06 bits per heavy atom. The van der Waals surface area contributed by atoms with Gasteiger partial charge in [-0.15, -0.1) is 0 Å². The maximum Gasteiger partial charge on any atom is 0.118 e. The van der Waals surface area contributed by atoms with Gasteiger partial charge >= 0.3 is 0 Å². The Kier molecular flexibility index (Phi) is 4.60. The average molecular weight is 244 g/mol. The molecule has 0 unspecified atom stereocenters. The predicted octanol–water partition coefficient (Wildman–Crippen LogP) is 2.96. The highest BCUT2D eigenvalue weighted by Crippen LogP contribution is 2.28. The lowest BCUT2D eigenvalue weighted by molar-refractivity contribution is 0.252. The molecule has 2 rings (SSSR count). The van der Waals surface area contributed by atoms with E-state index in [4.69, 9.17) is 10.00 Å². The number of benzene rings is 1. The van der Waals surface area contributed by atoms with Crippen LogP contribution in [0.2, 0.25) is 0 Å². The first kappa shape index (κ1) is 12.9. The van der Waals surface area contributed by atoms with E-state index in [0.29, 0.717) is 6.42 Å². The summed E-state index contributed by atoms with van der Waals surface area (Å²) in [6.07, 6.45) is 4.25. The van der Waals surface area contributed by atoms with Gasteiger partial charge in [0.15, 0.2) is 0 Å². The fourth-order valence-electron chi connectivity index (χ4n) is 2.16.